The minimum absolute atomic E-state index is 0.0541. The number of aromatic amines is 1. The van der Waals surface area contributed by atoms with Crippen LogP contribution in [0.25, 0.3) is 39.0 Å². The number of H-pyrrole nitrogens is 1. The van der Waals surface area contributed by atoms with Crippen LogP contribution in [0.3, 0.4) is 0 Å². The largest absolute Gasteiger partial charge is 0.381 e. The monoisotopic (exact) mass is 425 g/mol. The van der Waals surface area contributed by atoms with Crippen LogP contribution in [-0.4, -0.2) is 37.3 Å². The van der Waals surface area contributed by atoms with Crippen molar-refractivity contribution in [3.63, 3.8) is 0 Å². The van der Waals surface area contributed by atoms with Gasteiger partial charge in [-0.1, -0.05) is 18.2 Å². The number of pyridine rings is 2. The van der Waals surface area contributed by atoms with Crippen molar-refractivity contribution >= 4 is 22.2 Å². The van der Waals surface area contributed by atoms with Crippen molar-refractivity contribution in [2.24, 2.45) is 5.92 Å². The average Bonchev–Trinajstić information content (AvgIpc) is 3.42. The Kier molecular flexibility index (Phi) is 4.61. The zero-order valence-electron chi connectivity index (χ0n) is 17.6. The number of fused-ring (bicyclic) bond motifs is 2. The highest BCUT2D eigenvalue weighted by atomic mass is 16.5. The summed E-state index contributed by atoms with van der Waals surface area (Å²) in [7, 11) is 0. The van der Waals surface area contributed by atoms with Crippen LogP contribution in [0.5, 0.6) is 0 Å². The van der Waals surface area contributed by atoms with E-state index in [2.05, 4.69) is 22.1 Å². The van der Waals surface area contributed by atoms with Gasteiger partial charge in [0.05, 0.1) is 11.2 Å². The Hall–Kier alpha value is -3.71. The van der Waals surface area contributed by atoms with Crippen molar-refractivity contribution in [1.82, 2.24) is 24.1 Å². The van der Waals surface area contributed by atoms with Gasteiger partial charge >= 0.3 is 5.69 Å². The Balaban J connectivity index is 1.53. The van der Waals surface area contributed by atoms with Gasteiger partial charge in [-0.25, -0.2) is 19.3 Å². The van der Waals surface area contributed by atoms with Gasteiger partial charge in [-0.3, -0.25) is 4.57 Å². The van der Waals surface area contributed by atoms with E-state index in [0.29, 0.717) is 18.1 Å². The summed E-state index contributed by atoms with van der Waals surface area (Å²) in [4.78, 5) is 26.0. The maximum Gasteiger partial charge on any atom is 0.334 e. The van der Waals surface area contributed by atoms with Crippen LogP contribution in [0.4, 0.5) is 0 Å². The topological polar surface area (TPSA) is 77.7 Å². The first-order valence-corrected chi connectivity index (χ1v) is 11.0. The molecule has 7 nitrogen and oxygen atoms in total. The molecule has 0 unspecified atom stereocenters. The molecule has 7 heteroatoms. The maximum absolute atomic E-state index is 13.6. The predicted octanol–water partition coefficient (Wildman–Crippen LogP) is 4.16. The van der Waals surface area contributed by atoms with E-state index in [9.17, 15) is 4.79 Å². The van der Waals surface area contributed by atoms with Gasteiger partial charge in [-0.05, 0) is 49.1 Å². The summed E-state index contributed by atoms with van der Waals surface area (Å²) in [5.74, 6) is 0.415. The van der Waals surface area contributed by atoms with E-state index in [1.807, 2.05) is 59.6 Å². The number of nitrogens with zero attached hydrogens (tertiary/aromatic N) is 4. The molecule has 32 heavy (non-hydrogen) atoms. The van der Waals surface area contributed by atoms with Gasteiger partial charge < -0.3 is 9.72 Å². The fraction of sp³-hybridized carbons (Fsp3) is 0.240. The molecule has 1 aromatic carbocycles. The van der Waals surface area contributed by atoms with Crippen LogP contribution in [-0.2, 0) is 11.3 Å². The lowest BCUT2D eigenvalue weighted by Crippen LogP contribution is -2.28. The summed E-state index contributed by atoms with van der Waals surface area (Å²) < 4.78 is 9.12. The molecule has 1 saturated heterocycles. The van der Waals surface area contributed by atoms with Crippen LogP contribution >= 0.6 is 0 Å². The molecular weight excluding hydrogens is 402 g/mol. The molecule has 0 spiro atoms. The van der Waals surface area contributed by atoms with E-state index in [1.54, 1.807) is 4.57 Å². The number of ether oxygens (including phenoxy) is 1. The quantitative estimate of drug-likeness (QED) is 0.469. The Morgan fingerprint density at radius 2 is 1.78 bits per heavy atom. The molecule has 5 heterocycles. The Bertz CT molecular complexity index is 1460. The zero-order valence-corrected chi connectivity index (χ0v) is 17.6. The van der Waals surface area contributed by atoms with Crippen molar-refractivity contribution < 1.29 is 4.74 Å². The third kappa shape index (κ3) is 3.22. The summed E-state index contributed by atoms with van der Waals surface area (Å²) in [5, 5.41) is 1.05. The molecule has 6 rings (SSSR count). The van der Waals surface area contributed by atoms with E-state index in [-0.39, 0.29) is 5.69 Å². The van der Waals surface area contributed by atoms with Crippen LogP contribution in [0, 0.1) is 5.92 Å². The highest BCUT2D eigenvalue weighted by Gasteiger charge is 2.21. The molecule has 4 aromatic heterocycles. The number of rotatable bonds is 4. The zero-order chi connectivity index (χ0) is 21.5. The lowest BCUT2D eigenvalue weighted by Gasteiger charge is -2.22. The number of hydrogen-bond acceptors (Lipinski definition) is 4. The number of aromatic nitrogens is 5. The van der Waals surface area contributed by atoms with E-state index < -0.39 is 0 Å². The van der Waals surface area contributed by atoms with E-state index >= 15 is 0 Å². The summed E-state index contributed by atoms with van der Waals surface area (Å²) in [6.07, 6.45) is 7.48. The van der Waals surface area contributed by atoms with E-state index in [1.165, 1.54) is 0 Å². The second-order valence-electron chi connectivity index (χ2n) is 8.33. The predicted molar refractivity (Wildman–Crippen MR) is 124 cm³/mol. The second-order valence-corrected chi connectivity index (χ2v) is 8.33. The van der Waals surface area contributed by atoms with Gasteiger partial charge in [0.25, 0.3) is 0 Å². The third-order valence-electron chi connectivity index (χ3n) is 6.30. The molecule has 0 radical (unpaired) electrons. The molecular formula is C25H23N5O2. The molecule has 0 bridgehead atoms. The minimum Gasteiger partial charge on any atom is -0.381 e. The van der Waals surface area contributed by atoms with Crippen LogP contribution in [0.2, 0.25) is 0 Å². The van der Waals surface area contributed by atoms with Gasteiger partial charge in [0, 0.05) is 54.9 Å². The van der Waals surface area contributed by atoms with Gasteiger partial charge in [-0.2, -0.15) is 0 Å². The van der Waals surface area contributed by atoms with Gasteiger partial charge in [0.1, 0.15) is 5.65 Å². The lowest BCUT2D eigenvalue weighted by molar-refractivity contribution is 0.0613. The maximum atomic E-state index is 13.6. The number of para-hydroxylation sites is 1. The normalized spacial score (nSPS) is 15.0. The first-order valence-electron chi connectivity index (χ1n) is 11.0. The van der Waals surface area contributed by atoms with Crippen LogP contribution < -0.4 is 5.69 Å². The lowest BCUT2D eigenvalue weighted by atomic mass is 10.0. The molecule has 0 amide bonds. The van der Waals surface area contributed by atoms with Crippen molar-refractivity contribution in [2.75, 3.05) is 13.2 Å². The Morgan fingerprint density at radius 1 is 1.00 bits per heavy atom. The SMILES string of the molecule is O=c1n(CC2CCOCC2)c2cc(-c3cnc4[nH]ccc4c3)cnc2n1-c1ccccc1. The Morgan fingerprint density at radius 3 is 2.62 bits per heavy atom. The van der Waals surface area contributed by atoms with Crippen molar-refractivity contribution in [1.29, 1.82) is 0 Å². The second kappa shape index (κ2) is 7.76. The van der Waals surface area contributed by atoms with Crippen LogP contribution in [0.1, 0.15) is 12.8 Å². The average molecular weight is 425 g/mol. The fourth-order valence-electron chi connectivity index (χ4n) is 4.56. The van der Waals surface area contributed by atoms with Crippen molar-refractivity contribution in [3.05, 3.63) is 77.6 Å². The molecule has 0 atom stereocenters. The number of hydrogen-bond donors (Lipinski definition) is 1. The summed E-state index contributed by atoms with van der Waals surface area (Å²) in [5.41, 5.74) is 5.06. The first kappa shape index (κ1) is 19.0. The van der Waals surface area contributed by atoms with E-state index in [4.69, 9.17) is 9.72 Å². The first-order chi connectivity index (χ1) is 15.8. The highest BCUT2D eigenvalue weighted by Crippen LogP contribution is 2.27. The molecule has 1 aliphatic heterocycles. The molecule has 1 fully saturated rings. The standard InChI is InChI=1S/C25H23N5O2/c31-25-29(16-17-7-10-32-11-8-17)22-13-20(19-12-18-6-9-26-23(18)27-14-19)15-28-24(22)30(25)21-4-2-1-3-5-21/h1-6,9,12-15,17H,7-8,10-11,16H2,(H,26,27). The number of benzene rings is 1. The molecule has 0 aliphatic carbocycles. The molecule has 160 valence electrons. The molecule has 1 aliphatic rings. The fourth-order valence-corrected chi connectivity index (χ4v) is 4.56. The number of nitrogens with one attached hydrogen (secondary N) is 1. The minimum atomic E-state index is -0.0541. The summed E-state index contributed by atoms with van der Waals surface area (Å²) >= 11 is 0. The van der Waals surface area contributed by atoms with Gasteiger partial charge in [-0.15, -0.1) is 0 Å². The van der Waals surface area contributed by atoms with Gasteiger partial charge in [0.15, 0.2) is 5.65 Å². The van der Waals surface area contributed by atoms with Gasteiger partial charge in [0.2, 0.25) is 0 Å². The van der Waals surface area contributed by atoms with Crippen LogP contribution in [0.15, 0.2) is 71.9 Å². The summed E-state index contributed by atoms with van der Waals surface area (Å²) in [6.45, 7) is 2.17. The molecule has 1 N–H and O–H groups in total. The third-order valence-corrected chi connectivity index (χ3v) is 6.30. The summed E-state index contributed by atoms with van der Waals surface area (Å²) in [6, 6.07) is 15.9. The van der Waals surface area contributed by atoms with E-state index in [0.717, 1.165) is 59.4 Å². The van der Waals surface area contributed by atoms with Crippen molar-refractivity contribution in [3.8, 4) is 16.8 Å². The smallest absolute Gasteiger partial charge is 0.334 e. The molecule has 0 saturated carbocycles. The number of imidazole rings is 1. The highest BCUT2D eigenvalue weighted by molar-refractivity contribution is 5.84. The molecule has 5 aromatic rings. The Labute approximate surface area is 184 Å². The van der Waals surface area contributed by atoms with Crippen molar-refractivity contribution in [2.45, 2.75) is 19.4 Å².